The van der Waals surface area contributed by atoms with Gasteiger partial charge in [-0.25, -0.2) is 4.98 Å². The number of hydrogen-bond donors (Lipinski definition) is 1. The molecule has 2 heterocycles. The molecule has 1 fully saturated rings. The van der Waals surface area contributed by atoms with Crippen molar-refractivity contribution >= 4 is 28.9 Å². The quantitative estimate of drug-likeness (QED) is 0.753. The Morgan fingerprint density at radius 1 is 1.24 bits per heavy atom. The highest BCUT2D eigenvalue weighted by atomic mass is 32.2. The lowest BCUT2D eigenvalue weighted by molar-refractivity contribution is 0.414. The Balaban J connectivity index is 1.61. The third-order valence-electron chi connectivity index (χ3n) is 4.56. The van der Waals surface area contributed by atoms with E-state index in [1.807, 2.05) is 36.0 Å². The van der Waals surface area contributed by atoms with E-state index in [4.69, 9.17) is 4.74 Å². The first-order valence-electron chi connectivity index (χ1n) is 8.29. The van der Waals surface area contributed by atoms with Crippen LogP contribution < -0.4 is 10.1 Å². The van der Waals surface area contributed by atoms with Gasteiger partial charge in [0.1, 0.15) is 5.75 Å². The number of hydrogen-bond acceptors (Lipinski definition) is 7. The molecular formula is C17H20N6OS. The van der Waals surface area contributed by atoms with Gasteiger partial charge >= 0.3 is 0 Å². The molecule has 25 heavy (non-hydrogen) atoms. The van der Waals surface area contributed by atoms with Crippen molar-refractivity contribution in [3.63, 3.8) is 0 Å². The fraction of sp³-hybridized carbons (Fsp3) is 0.412. The molecule has 0 amide bonds. The molecule has 7 nitrogen and oxygen atoms in total. The number of methoxy groups -OCH3 is 1. The van der Waals surface area contributed by atoms with Gasteiger partial charge in [0, 0.05) is 11.3 Å². The van der Waals surface area contributed by atoms with Gasteiger partial charge in [0.05, 0.1) is 19.0 Å². The zero-order chi connectivity index (χ0) is 17.2. The van der Waals surface area contributed by atoms with E-state index >= 15 is 0 Å². The lowest BCUT2D eigenvalue weighted by atomic mass is 10.2. The Hall–Kier alpha value is -2.35. The van der Waals surface area contributed by atoms with Crippen molar-refractivity contribution in [2.45, 2.75) is 30.6 Å². The monoisotopic (exact) mass is 356 g/mol. The van der Waals surface area contributed by atoms with E-state index in [-0.39, 0.29) is 0 Å². The second-order valence-electron chi connectivity index (χ2n) is 6.11. The van der Waals surface area contributed by atoms with Crippen LogP contribution in [0.2, 0.25) is 0 Å². The molecule has 2 aromatic heterocycles. The van der Waals surface area contributed by atoms with Gasteiger partial charge in [-0.15, -0.1) is 5.10 Å². The highest BCUT2D eigenvalue weighted by Crippen LogP contribution is 2.29. The minimum Gasteiger partial charge on any atom is -0.497 e. The molecule has 130 valence electrons. The molecule has 1 aliphatic rings. The molecule has 0 bridgehead atoms. The molecule has 1 aliphatic carbocycles. The third kappa shape index (κ3) is 3.26. The number of anilines is 1. The normalized spacial score (nSPS) is 20.1. The predicted molar refractivity (Wildman–Crippen MR) is 99.6 cm³/mol. The highest BCUT2D eigenvalue weighted by molar-refractivity contribution is 7.99. The molecule has 0 aliphatic heterocycles. The largest absolute Gasteiger partial charge is 0.497 e. The van der Waals surface area contributed by atoms with E-state index in [9.17, 15) is 0 Å². The zero-order valence-corrected chi connectivity index (χ0v) is 15.0. The second-order valence-corrected chi connectivity index (χ2v) is 7.25. The summed E-state index contributed by atoms with van der Waals surface area (Å²) in [4.78, 5) is 9.04. The van der Waals surface area contributed by atoms with Gasteiger partial charge in [-0.3, -0.25) is 0 Å². The van der Waals surface area contributed by atoms with Crippen LogP contribution in [-0.4, -0.2) is 49.6 Å². The summed E-state index contributed by atoms with van der Waals surface area (Å²) in [6.07, 6.45) is 7.45. The minimum absolute atomic E-state index is 0.431. The van der Waals surface area contributed by atoms with Crippen molar-refractivity contribution in [1.29, 1.82) is 0 Å². The number of ether oxygens (including phenoxy) is 1. The van der Waals surface area contributed by atoms with Crippen LogP contribution in [0.3, 0.4) is 0 Å². The number of nitrogens with one attached hydrogen (secondary N) is 1. The molecule has 8 heteroatoms. The number of thioether (sulfide) groups is 1. The maximum absolute atomic E-state index is 5.20. The van der Waals surface area contributed by atoms with Crippen LogP contribution >= 0.6 is 11.8 Å². The minimum atomic E-state index is 0.431. The SMILES string of the molecule is COc1ccc(-n2nnc3cnc(NC4CCC(SC)C4)nc32)cc1. The maximum atomic E-state index is 5.20. The summed E-state index contributed by atoms with van der Waals surface area (Å²) in [5.41, 5.74) is 2.26. The molecule has 1 N–H and O–H groups in total. The average molecular weight is 356 g/mol. The van der Waals surface area contributed by atoms with Crippen LogP contribution in [0.1, 0.15) is 19.3 Å². The third-order valence-corrected chi connectivity index (χ3v) is 5.66. The molecule has 0 saturated heterocycles. The Morgan fingerprint density at radius 3 is 2.80 bits per heavy atom. The van der Waals surface area contributed by atoms with Crippen molar-refractivity contribution in [2.24, 2.45) is 0 Å². The molecular weight excluding hydrogens is 336 g/mol. The second kappa shape index (κ2) is 6.87. The molecule has 1 saturated carbocycles. The molecule has 0 radical (unpaired) electrons. The standard InChI is InChI=1S/C17H20N6OS/c1-24-13-6-4-12(5-7-13)23-16-15(21-22-23)10-18-17(20-16)19-11-3-8-14(9-11)25-2/h4-7,10-11,14H,3,8-9H2,1-2H3,(H,18,19,20). The van der Waals surface area contributed by atoms with Crippen LogP contribution in [0, 0.1) is 0 Å². The zero-order valence-electron chi connectivity index (χ0n) is 14.2. The first kappa shape index (κ1) is 16.1. The fourth-order valence-electron chi connectivity index (χ4n) is 3.16. The Labute approximate surface area is 150 Å². The van der Waals surface area contributed by atoms with Gasteiger partial charge in [-0.1, -0.05) is 5.21 Å². The van der Waals surface area contributed by atoms with E-state index in [0.717, 1.165) is 29.5 Å². The van der Waals surface area contributed by atoms with Crippen LogP contribution in [0.25, 0.3) is 16.9 Å². The Kier molecular flexibility index (Phi) is 4.44. The number of aromatic nitrogens is 5. The van der Waals surface area contributed by atoms with Crippen LogP contribution in [-0.2, 0) is 0 Å². The molecule has 2 unspecified atom stereocenters. The summed E-state index contributed by atoms with van der Waals surface area (Å²) in [6, 6.07) is 8.08. The fourth-order valence-corrected chi connectivity index (χ4v) is 3.96. The number of benzene rings is 1. The van der Waals surface area contributed by atoms with Crippen molar-refractivity contribution in [1.82, 2.24) is 25.0 Å². The van der Waals surface area contributed by atoms with Crippen molar-refractivity contribution < 1.29 is 4.74 Å². The summed E-state index contributed by atoms with van der Waals surface area (Å²) in [7, 11) is 1.65. The van der Waals surface area contributed by atoms with Gasteiger partial charge < -0.3 is 10.1 Å². The lowest BCUT2D eigenvalue weighted by Crippen LogP contribution is -2.18. The van der Waals surface area contributed by atoms with Gasteiger partial charge in [0.15, 0.2) is 11.2 Å². The van der Waals surface area contributed by atoms with Gasteiger partial charge in [0.2, 0.25) is 5.95 Å². The van der Waals surface area contributed by atoms with Gasteiger partial charge in [-0.2, -0.15) is 21.4 Å². The van der Waals surface area contributed by atoms with Crippen LogP contribution in [0.4, 0.5) is 5.95 Å². The van der Waals surface area contributed by atoms with Crippen LogP contribution in [0.15, 0.2) is 30.5 Å². The first-order valence-corrected chi connectivity index (χ1v) is 9.58. The number of nitrogens with zero attached hydrogens (tertiary/aromatic N) is 5. The van der Waals surface area contributed by atoms with Gasteiger partial charge in [-0.05, 0) is 49.8 Å². The van der Waals surface area contributed by atoms with Crippen molar-refractivity contribution in [2.75, 3.05) is 18.7 Å². The predicted octanol–water partition coefficient (Wildman–Crippen LogP) is 2.92. The maximum Gasteiger partial charge on any atom is 0.225 e. The van der Waals surface area contributed by atoms with E-state index in [1.165, 1.54) is 6.42 Å². The summed E-state index contributed by atoms with van der Waals surface area (Å²) in [5, 5.41) is 12.6. The highest BCUT2D eigenvalue weighted by Gasteiger charge is 2.24. The molecule has 1 aromatic carbocycles. The summed E-state index contributed by atoms with van der Waals surface area (Å²) < 4.78 is 6.93. The average Bonchev–Trinajstić information content (AvgIpc) is 3.28. The summed E-state index contributed by atoms with van der Waals surface area (Å²) in [5.74, 6) is 1.44. The number of fused-ring (bicyclic) bond motifs is 1. The molecule has 0 spiro atoms. The van der Waals surface area contributed by atoms with Crippen LogP contribution in [0.5, 0.6) is 5.75 Å². The van der Waals surface area contributed by atoms with Gasteiger partial charge in [0.25, 0.3) is 0 Å². The number of rotatable bonds is 5. The lowest BCUT2D eigenvalue weighted by Gasteiger charge is -2.12. The van der Waals surface area contributed by atoms with E-state index in [1.54, 1.807) is 18.0 Å². The van der Waals surface area contributed by atoms with E-state index < -0.39 is 0 Å². The Morgan fingerprint density at radius 2 is 2.08 bits per heavy atom. The summed E-state index contributed by atoms with van der Waals surface area (Å²) in [6.45, 7) is 0. The first-order chi connectivity index (χ1) is 12.3. The Bertz CT molecular complexity index is 865. The van der Waals surface area contributed by atoms with E-state index in [2.05, 4.69) is 31.9 Å². The molecule has 4 rings (SSSR count). The molecule has 3 aromatic rings. The van der Waals surface area contributed by atoms with Crippen molar-refractivity contribution in [3.8, 4) is 11.4 Å². The molecule has 2 atom stereocenters. The topological polar surface area (TPSA) is 77.8 Å². The van der Waals surface area contributed by atoms with E-state index in [0.29, 0.717) is 23.2 Å². The summed E-state index contributed by atoms with van der Waals surface area (Å²) >= 11 is 1.94. The van der Waals surface area contributed by atoms with Crippen molar-refractivity contribution in [3.05, 3.63) is 30.5 Å². The smallest absolute Gasteiger partial charge is 0.225 e.